The molecule has 1 heterocycles. The van der Waals surface area contributed by atoms with Crippen molar-refractivity contribution in [2.75, 3.05) is 24.3 Å². The van der Waals surface area contributed by atoms with E-state index in [1.165, 1.54) is 0 Å². The minimum Gasteiger partial charge on any atom is -0.373 e. The van der Waals surface area contributed by atoms with Crippen LogP contribution in [0.1, 0.15) is 33.5 Å². The van der Waals surface area contributed by atoms with Gasteiger partial charge in [-0.15, -0.1) is 0 Å². The quantitative estimate of drug-likeness (QED) is 0.876. The lowest BCUT2D eigenvalue weighted by Gasteiger charge is -2.36. The standard InChI is InChI=1S/C13H24N4/c1-9(13(3,4)5)17(7)12-8-11(14-6)15-10(2)16-12/h8-9H,1-7H3,(H,14,15,16). The normalized spacial score (nSPS) is 13.4. The third-order valence-electron chi connectivity index (χ3n) is 3.28. The molecule has 0 aromatic carbocycles. The minimum atomic E-state index is 0.216. The zero-order valence-electron chi connectivity index (χ0n) is 12.0. The largest absolute Gasteiger partial charge is 0.373 e. The Morgan fingerprint density at radius 2 is 1.88 bits per heavy atom. The molecule has 0 saturated heterocycles. The summed E-state index contributed by atoms with van der Waals surface area (Å²) in [7, 11) is 3.95. The Morgan fingerprint density at radius 1 is 1.29 bits per heavy atom. The minimum absolute atomic E-state index is 0.216. The van der Waals surface area contributed by atoms with Crippen LogP contribution in [0.5, 0.6) is 0 Å². The van der Waals surface area contributed by atoms with Crippen molar-refractivity contribution < 1.29 is 0 Å². The second-order valence-corrected chi connectivity index (χ2v) is 5.56. The Hall–Kier alpha value is -1.32. The van der Waals surface area contributed by atoms with Gasteiger partial charge >= 0.3 is 0 Å². The monoisotopic (exact) mass is 236 g/mol. The Labute approximate surface area is 104 Å². The molecule has 0 aliphatic carbocycles. The van der Waals surface area contributed by atoms with Gasteiger partial charge in [0.1, 0.15) is 17.5 Å². The zero-order valence-corrected chi connectivity index (χ0v) is 12.0. The summed E-state index contributed by atoms with van der Waals surface area (Å²) in [4.78, 5) is 11.0. The molecule has 96 valence electrons. The van der Waals surface area contributed by atoms with Crippen LogP contribution in [0.3, 0.4) is 0 Å². The summed E-state index contributed by atoms with van der Waals surface area (Å²) in [5.74, 6) is 2.62. The molecular formula is C13H24N4. The van der Waals surface area contributed by atoms with Crippen molar-refractivity contribution >= 4 is 11.6 Å². The predicted octanol–water partition coefficient (Wildman–Crippen LogP) is 2.70. The van der Waals surface area contributed by atoms with E-state index in [0.29, 0.717) is 6.04 Å². The highest BCUT2D eigenvalue weighted by molar-refractivity contribution is 5.49. The molecule has 1 atom stereocenters. The Kier molecular flexibility index (Phi) is 3.96. The molecule has 4 heteroatoms. The fourth-order valence-corrected chi connectivity index (χ4v) is 1.64. The van der Waals surface area contributed by atoms with Crippen molar-refractivity contribution in [2.24, 2.45) is 5.41 Å². The van der Waals surface area contributed by atoms with E-state index in [0.717, 1.165) is 17.5 Å². The van der Waals surface area contributed by atoms with Gasteiger partial charge in [0.2, 0.25) is 0 Å². The maximum absolute atomic E-state index is 4.49. The molecule has 0 saturated carbocycles. The fraction of sp³-hybridized carbons (Fsp3) is 0.692. The molecule has 0 aliphatic rings. The second-order valence-electron chi connectivity index (χ2n) is 5.56. The van der Waals surface area contributed by atoms with E-state index >= 15 is 0 Å². The van der Waals surface area contributed by atoms with Crippen molar-refractivity contribution in [2.45, 2.75) is 40.7 Å². The summed E-state index contributed by atoms with van der Waals surface area (Å²) < 4.78 is 0. The van der Waals surface area contributed by atoms with E-state index in [1.807, 2.05) is 20.0 Å². The number of rotatable bonds is 3. The molecule has 0 radical (unpaired) electrons. The molecule has 4 nitrogen and oxygen atoms in total. The third kappa shape index (κ3) is 3.32. The van der Waals surface area contributed by atoms with Crippen LogP contribution in [-0.2, 0) is 0 Å². The zero-order chi connectivity index (χ0) is 13.2. The Balaban J connectivity index is 3.03. The highest BCUT2D eigenvalue weighted by atomic mass is 15.2. The van der Waals surface area contributed by atoms with E-state index in [-0.39, 0.29) is 5.41 Å². The van der Waals surface area contributed by atoms with E-state index in [9.17, 15) is 0 Å². The summed E-state index contributed by atoms with van der Waals surface area (Å²) in [6.07, 6.45) is 0. The third-order valence-corrected chi connectivity index (χ3v) is 3.28. The average Bonchev–Trinajstić information content (AvgIpc) is 2.24. The molecule has 0 aliphatic heterocycles. The Bertz CT molecular complexity index is 381. The first-order chi connectivity index (χ1) is 7.75. The van der Waals surface area contributed by atoms with Crippen LogP contribution in [0.4, 0.5) is 11.6 Å². The van der Waals surface area contributed by atoms with Crippen LogP contribution in [0.25, 0.3) is 0 Å². The second kappa shape index (κ2) is 4.90. The highest BCUT2D eigenvalue weighted by Crippen LogP contribution is 2.27. The van der Waals surface area contributed by atoms with Gasteiger partial charge in [-0.2, -0.15) is 0 Å². The van der Waals surface area contributed by atoms with E-state index in [2.05, 4.69) is 54.9 Å². The molecule has 1 rings (SSSR count). The number of nitrogens with one attached hydrogen (secondary N) is 1. The Morgan fingerprint density at radius 3 is 2.35 bits per heavy atom. The molecule has 0 fully saturated rings. The fourth-order valence-electron chi connectivity index (χ4n) is 1.64. The number of anilines is 2. The van der Waals surface area contributed by atoms with Gasteiger partial charge in [-0.25, -0.2) is 9.97 Å². The molecule has 1 unspecified atom stereocenters. The van der Waals surface area contributed by atoms with Crippen LogP contribution in [0.15, 0.2) is 6.07 Å². The number of hydrogen-bond acceptors (Lipinski definition) is 4. The molecule has 1 aromatic rings. The smallest absolute Gasteiger partial charge is 0.134 e. The van der Waals surface area contributed by atoms with Gasteiger partial charge in [0.15, 0.2) is 0 Å². The van der Waals surface area contributed by atoms with Crippen molar-refractivity contribution in [1.82, 2.24) is 9.97 Å². The van der Waals surface area contributed by atoms with Gasteiger partial charge < -0.3 is 10.2 Å². The van der Waals surface area contributed by atoms with E-state index in [4.69, 9.17) is 0 Å². The first-order valence-corrected chi connectivity index (χ1v) is 6.02. The number of aryl methyl sites for hydroxylation is 1. The summed E-state index contributed by atoms with van der Waals surface area (Å²) in [6.45, 7) is 10.8. The summed E-state index contributed by atoms with van der Waals surface area (Å²) >= 11 is 0. The highest BCUT2D eigenvalue weighted by Gasteiger charge is 2.25. The lowest BCUT2D eigenvalue weighted by Crippen LogP contribution is -2.40. The lowest BCUT2D eigenvalue weighted by molar-refractivity contribution is 0.328. The molecule has 1 aromatic heterocycles. The average molecular weight is 236 g/mol. The van der Waals surface area contributed by atoms with Crippen LogP contribution < -0.4 is 10.2 Å². The van der Waals surface area contributed by atoms with Gasteiger partial charge in [0, 0.05) is 26.2 Å². The van der Waals surface area contributed by atoms with Gasteiger partial charge in [-0.1, -0.05) is 20.8 Å². The van der Waals surface area contributed by atoms with Crippen molar-refractivity contribution in [3.8, 4) is 0 Å². The van der Waals surface area contributed by atoms with Crippen molar-refractivity contribution in [3.63, 3.8) is 0 Å². The number of aromatic nitrogens is 2. The molecule has 17 heavy (non-hydrogen) atoms. The van der Waals surface area contributed by atoms with Crippen LogP contribution in [-0.4, -0.2) is 30.1 Å². The van der Waals surface area contributed by atoms with Gasteiger partial charge in [0.05, 0.1) is 0 Å². The van der Waals surface area contributed by atoms with Crippen LogP contribution in [0, 0.1) is 12.3 Å². The first kappa shape index (κ1) is 13.7. The maximum atomic E-state index is 4.49. The molecule has 0 spiro atoms. The SMILES string of the molecule is CNc1cc(N(C)C(C)C(C)(C)C)nc(C)n1. The predicted molar refractivity (Wildman–Crippen MR) is 73.6 cm³/mol. The van der Waals surface area contributed by atoms with Crippen molar-refractivity contribution in [3.05, 3.63) is 11.9 Å². The summed E-state index contributed by atoms with van der Waals surface area (Å²) in [5.41, 5.74) is 0.216. The first-order valence-electron chi connectivity index (χ1n) is 6.02. The number of hydrogen-bond donors (Lipinski definition) is 1. The van der Waals surface area contributed by atoms with E-state index < -0.39 is 0 Å². The number of nitrogens with zero attached hydrogens (tertiary/aromatic N) is 3. The summed E-state index contributed by atoms with van der Waals surface area (Å²) in [5, 5.41) is 3.06. The van der Waals surface area contributed by atoms with Crippen molar-refractivity contribution in [1.29, 1.82) is 0 Å². The topological polar surface area (TPSA) is 41.0 Å². The van der Waals surface area contributed by atoms with Crippen LogP contribution >= 0.6 is 0 Å². The van der Waals surface area contributed by atoms with Crippen LogP contribution in [0.2, 0.25) is 0 Å². The molecule has 1 N–H and O–H groups in total. The maximum Gasteiger partial charge on any atom is 0.134 e. The van der Waals surface area contributed by atoms with Gasteiger partial charge in [-0.05, 0) is 19.3 Å². The molecule has 0 bridgehead atoms. The molecular weight excluding hydrogens is 212 g/mol. The van der Waals surface area contributed by atoms with Gasteiger partial charge in [0.25, 0.3) is 0 Å². The summed E-state index contributed by atoms with van der Waals surface area (Å²) in [6, 6.07) is 2.39. The molecule has 0 amide bonds. The van der Waals surface area contributed by atoms with Gasteiger partial charge in [-0.3, -0.25) is 0 Å². The lowest BCUT2D eigenvalue weighted by atomic mass is 9.87. The van der Waals surface area contributed by atoms with E-state index in [1.54, 1.807) is 0 Å².